The van der Waals surface area contributed by atoms with Gasteiger partial charge in [0.25, 0.3) is 0 Å². The summed E-state index contributed by atoms with van der Waals surface area (Å²) in [6.07, 6.45) is 1.09. The van der Waals surface area contributed by atoms with Gasteiger partial charge in [0, 0.05) is 5.02 Å². The van der Waals surface area contributed by atoms with Gasteiger partial charge in [-0.15, -0.1) is 0 Å². The number of nitrogens with two attached hydrogens (primary N) is 1. The molecule has 2 nitrogen and oxygen atoms in total. The number of phenols is 1. The molecule has 0 spiro atoms. The minimum absolute atomic E-state index is 0.299. The van der Waals surface area contributed by atoms with Crippen molar-refractivity contribution in [3.05, 3.63) is 28.8 Å². The summed E-state index contributed by atoms with van der Waals surface area (Å²) < 4.78 is 0. The maximum atomic E-state index is 9.59. The number of halogens is 1. The lowest BCUT2D eigenvalue weighted by molar-refractivity contribution is 0.467. The second-order valence-electron chi connectivity index (χ2n) is 3.54. The fraction of sp³-hybridized carbons (Fsp3) is 0.400. The van der Waals surface area contributed by atoms with Crippen LogP contribution in [0.4, 0.5) is 0 Å². The number of phenolic OH excluding ortho intramolecular Hbond substituents is 1. The van der Waals surface area contributed by atoms with Crippen LogP contribution in [-0.4, -0.2) is 11.7 Å². The lowest BCUT2D eigenvalue weighted by Gasteiger charge is -2.03. The third-order valence-corrected chi connectivity index (χ3v) is 2.85. The Morgan fingerprint density at radius 1 is 1.54 bits per heavy atom. The fourth-order valence-corrected chi connectivity index (χ4v) is 1.89. The molecule has 0 amide bonds. The molecule has 2 unspecified atom stereocenters. The van der Waals surface area contributed by atoms with Crippen LogP contribution in [0.25, 0.3) is 0 Å². The summed E-state index contributed by atoms with van der Waals surface area (Å²) >= 11 is 5.73. The van der Waals surface area contributed by atoms with Crippen LogP contribution in [0.3, 0.4) is 0 Å². The van der Waals surface area contributed by atoms with Gasteiger partial charge in [-0.1, -0.05) is 17.7 Å². The van der Waals surface area contributed by atoms with Crippen LogP contribution >= 0.6 is 11.6 Å². The van der Waals surface area contributed by atoms with Gasteiger partial charge in [-0.3, -0.25) is 0 Å². The SMILES string of the molecule is NCC1CC1c1ccc(Cl)cc1O. The highest BCUT2D eigenvalue weighted by atomic mass is 35.5. The van der Waals surface area contributed by atoms with Crippen LogP contribution in [0.5, 0.6) is 5.75 Å². The van der Waals surface area contributed by atoms with Gasteiger partial charge in [0.15, 0.2) is 0 Å². The molecule has 1 aliphatic rings. The van der Waals surface area contributed by atoms with E-state index in [2.05, 4.69) is 0 Å². The van der Waals surface area contributed by atoms with E-state index in [4.69, 9.17) is 17.3 Å². The Morgan fingerprint density at radius 2 is 2.31 bits per heavy atom. The zero-order valence-electron chi connectivity index (χ0n) is 7.20. The highest BCUT2D eigenvalue weighted by Crippen LogP contribution is 2.49. The van der Waals surface area contributed by atoms with E-state index in [1.54, 1.807) is 6.07 Å². The van der Waals surface area contributed by atoms with Gasteiger partial charge in [-0.25, -0.2) is 0 Å². The summed E-state index contributed by atoms with van der Waals surface area (Å²) in [6.45, 7) is 0.701. The van der Waals surface area contributed by atoms with Gasteiger partial charge in [0.1, 0.15) is 5.75 Å². The van der Waals surface area contributed by atoms with E-state index in [-0.39, 0.29) is 0 Å². The van der Waals surface area contributed by atoms with Crippen LogP contribution in [0.15, 0.2) is 18.2 Å². The summed E-state index contributed by atoms with van der Waals surface area (Å²) in [7, 11) is 0. The molecule has 1 fully saturated rings. The highest BCUT2D eigenvalue weighted by molar-refractivity contribution is 6.30. The van der Waals surface area contributed by atoms with Crippen LogP contribution in [-0.2, 0) is 0 Å². The summed E-state index contributed by atoms with van der Waals surface area (Å²) in [5.41, 5.74) is 6.52. The molecule has 70 valence electrons. The van der Waals surface area contributed by atoms with E-state index in [1.807, 2.05) is 12.1 Å². The number of benzene rings is 1. The maximum absolute atomic E-state index is 9.59. The van der Waals surface area contributed by atoms with Crippen molar-refractivity contribution in [1.29, 1.82) is 0 Å². The molecule has 2 rings (SSSR count). The average molecular weight is 198 g/mol. The predicted octanol–water partition coefficient (Wildman–Crippen LogP) is 2.11. The minimum Gasteiger partial charge on any atom is -0.508 e. The van der Waals surface area contributed by atoms with E-state index in [1.165, 1.54) is 0 Å². The Balaban J connectivity index is 2.22. The van der Waals surface area contributed by atoms with Crippen molar-refractivity contribution < 1.29 is 5.11 Å². The van der Waals surface area contributed by atoms with Crippen LogP contribution in [0.2, 0.25) is 5.02 Å². The molecular weight excluding hydrogens is 186 g/mol. The van der Waals surface area contributed by atoms with Crippen molar-refractivity contribution in [1.82, 2.24) is 0 Å². The molecule has 13 heavy (non-hydrogen) atoms. The standard InChI is InChI=1S/C10H12ClNO/c11-7-1-2-8(10(13)4-7)9-3-6(9)5-12/h1-2,4,6,9,13H,3,5,12H2. The van der Waals surface area contributed by atoms with Gasteiger partial charge < -0.3 is 10.8 Å². The Bertz CT molecular complexity index is 327. The van der Waals surface area contributed by atoms with Crippen molar-refractivity contribution in [3.63, 3.8) is 0 Å². The van der Waals surface area contributed by atoms with Crippen molar-refractivity contribution in [2.75, 3.05) is 6.54 Å². The number of rotatable bonds is 2. The average Bonchev–Trinajstić information content (AvgIpc) is 2.83. The molecule has 1 aliphatic carbocycles. The van der Waals surface area contributed by atoms with E-state index in [0.717, 1.165) is 12.0 Å². The molecule has 1 saturated carbocycles. The smallest absolute Gasteiger partial charge is 0.120 e. The normalized spacial score (nSPS) is 26.0. The Kier molecular flexibility index (Phi) is 2.18. The van der Waals surface area contributed by atoms with Crippen LogP contribution in [0, 0.1) is 5.92 Å². The quantitative estimate of drug-likeness (QED) is 0.763. The zero-order chi connectivity index (χ0) is 9.42. The monoisotopic (exact) mass is 197 g/mol. The Morgan fingerprint density at radius 3 is 2.85 bits per heavy atom. The molecule has 0 saturated heterocycles. The third-order valence-electron chi connectivity index (χ3n) is 2.62. The second-order valence-corrected chi connectivity index (χ2v) is 3.98. The predicted molar refractivity (Wildman–Crippen MR) is 53.0 cm³/mol. The van der Waals surface area contributed by atoms with E-state index >= 15 is 0 Å². The molecule has 0 aliphatic heterocycles. The zero-order valence-corrected chi connectivity index (χ0v) is 7.96. The van der Waals surface area contributed by atoms with E-state index in [9.17, 15) is 5.11 Å². The molecular formula is C10H12ClNO. The first kappa shape index (κ1) is 8.85. The van der Waals surface area contributed by atoms with Crippen LogP contribution in [0.1, 0.15) is 17.9 Å². The molecule has 0 radical (unpaired) electrons. The van der Waals surface area contributed by atoms with Crippen molar-refractivity contribution in [2.24, 2.45) is 11.7 Å². The first-order valence-electron chi connectivity index (χ1n) is 4.41. The van der Waals surface area contributed by atoms with Crippen molar-refractivity contribution in [3.8, 4) is 5.75 Å². The van der Waals surface area contributed by atoms with Gasteiger partial charge in [0.05, 0.1) is 0 Å². The first-order chi connectivity index (χ1) is 6.22. The molecule has 1 aromatic rings. The molecule has 3 N–H and O–H groups in total. The van der Waals surface area contributed by atoms with Gasteiger partial charge in [0.2, 0.25) is 0 Å². The lowest BCUT2D eigenvalue weighted by atomic mass is 10.1. The topological polar surface area (TPSA) is 46.2 Å². The van der Waals surface area contributed by atoms with Crippen molar-refractivity contribution >= 4 is 11.6 Å². The van der Waals surface area contributed by atoms with Gasteiger partial charge in [-0.2, -0.15) is 0 Å². The summed E-state index contributed by atoms with van der Waals surface area (Å²) in [6, 6.07) is 5.28. The number of hydrogen-bond acceptors (Lipinski definition) is 2. The minimum atomic E-state index is 0.299. The lowest BCUT2D eigenvalue weighted by Crippen LogP contribution is -2.01. The van der Waals surface area contributed by atoms with Crippen LogP contribution < -0.4 is 5.73 Å². The molecule has 0 aromatic heterocycles. The summed E-state index contributed by atoms with van der Waals surface area (Å²) in [5.74, 6) is 1.29. The van der Waals surface area contributed by atoms with E-state index in [0.29, 0.717) is 29.2 Å². The third kappa shape index (κ3) is 1.64. The number of aromatic hydroxyl groups is 1. The summed E-state index contributed by atoms with van der Waals surface area (Å²) in [4.78, 5) is 0. The van der Waals surface area contributed by atoms with Crippen molar-refractivity contribution in [2.45, 2.75) is 12.3 Å². The molecule has 2 atom stereocenters. The van der Waals surface area contributed by atoms with Gasteiger partial charge in [-0.05, 0) is 42.5 Å². The second kappa shape index (κ2) is 3.20. The largest absolute Gasteiger partial charge is 0.508 e. The molecule has 0 heterocycles. The molecule has 0 bridgehead atoms. The highest BCUT2D eigenvalue weighted by Gasteiger charge is 2.38. The van der Waals surface area contributed by atoms with Gasteiger partial charge >= 0.3 is 0 Å². The first-order valence-corrected chi connectivity index (χ1v) is 4.78. The molecule has 3 heteroatoms. The Hall–Kier alpha value is -0.730. The fourth-order valence-electron chi connectivity index (χ4n) is 1.72. The molecule has 1 aromatic carbocycles. The maximum Gasteiger partial charge on any atom is 0.120 e. The summed E-state index contributed by atoms with van der Waals surface area (Å²) in [5, 5.41) is 10.2. The van der Waals surface area contributed by atoms with E-state index < -0.39 is 0 Å². The Labute approximate surface area is 82.3 Å². The number of hydrogen-bond donors (Lipinski definition) is 2.